The zero-order valence-electron chi connectivity index (χ0n) is 86.1. The fourth-order valence-electron chi connectivity index (χ4n) is 13.6. The van der Waals surface area contributed by atoms with E-state index in [1.165, 1.54) is 31.2 Å². The Bertz CT molecular complexity index is 4430. The molecule has 0 amide bonds. The van der Waals surface area contributed by atoms with Crippen LogP contribution in [0, 0.1) is 38.4 Å². The molecule has 1 N–H and O–H groups in total. The molecule has 1 unspecified atom stereocenters. The molecule has 0 bridgehead atoms. The fraction of sp³-hybridized carbons (Fsp3) is 0.455. The molecule has 0 radical (unpaired) electrons. The maximum Gasteiger partial charge on any atom is 1.00 e. The molecular formula is C110H160N5NaO22Si2. The molecule has 1 atom stereocenters. The first-order chi connectivity index (χ1) is 67.0. The number of allylic oxidation sites excluding steroid dienone is 1. The molecule has 9 aromatic rings. The average Bonchev–Trinajstić information content (AvgIpc) is 1.70. The molecule has 27 nitrogen and oxygen atoms in total. The molecule has 1 heterocycles. The third kappa shape index (κ3) is 56.0. The third-order valence-corrected chi connectivity index (χ3v) is 23.5. The van der Waals surface area contributed by atoms with E-state index in [9.17, 15) is 25.4 Å². The summed E-state index contributed by atoms with van der Waals surface area (Å²) in [5.74, 6) is 0. The summed E-state index contributed by atoms with van der Waals surface area (Å²) in [6.07, 6.45) is 3.91. The van der Waals surface area contributed by atoms with Crippen molar-refractivity contribution in [1.29, 1.82) is 0 Å². The Labute approximate surface area is 861 Å². The van der Waals surface area contributed by atoms with Crippen molar-refractivity contribution >= 4 is 27.4 Å². The Kier molecular flexibility index (Phi) is 74.7. The second kappa shape index (κ2) is 81.2. The summed E-state index contributed by atoms with van der Waals surface area (Å²) in [6, 6.07) is 91.9. The number of nitro groups is 2. The normalized spacial score (nSPS) is 11.9. The van der Waals surface area contributed by atoms with Crippen LogP contribution >= 0.6 is 0 Å². The largest absolute Gasteiger partial charge is 1.00 e. The number of aliphatic hydroxyl groups excluding tert-OH is 1. The van der Waals surface area contributed by atoms with Gasteiger partial charge < -0.3 is 92.5 Å². The SMILES string of the molecule is C.C=CC[Si](C)(C)C.CCN(CC)CC.COCCOCCOCCO.COCCOCCOCCOC(C#[N+][O-])(c1ccccc1)c1ccccc1.COCCOCCOCCOC(C1=NOC(C[Si](C)(C)C)C1)(c1ccccc1)c1ccccc1.COCCOCCOCCOC(C[N+](=O)[O-])(c1ccccc1)c1ccccc1.Cc1ccccc1.O=[N+]([O-])C=C(c1ccccc1)c1ccccc1.[H-].[Na+]. The molecule has 140 heavy (non-hydrogen) atoms. The van der Waals surface area contributed by atoms with Gasteiger partial charge in [0, 0.05) is 72.1 Å². The average molecular weight is 1980 g/mol. The van der Waals surface area contributed by atoms with Crippen LogP contribution in [0.25, 0.3) is 10.6 Å². The third-order valence-electron chi connectivity index (χ3n) is 20.3. The molecule has 0 aliphatic carbocycles. The van der Waals surface area contributed by atoms with E-state index in [4.69, 9.17) is 81.0 Å². The zero-order valence-corrected chi connectivity index (χ0v) is 89.1. The van der Waals surface area contributed by atoms with Crippen molar-refractivity contribution in [3.05, 3.63) is 372 Å². The molecule has 9 aromatic carbocycles. The number of aryl methyl sites for hydroxylation is 1. The summed E-state index contributed by atoms with van der Waals surface area (Å²) in [6.45, 7) is 40.6. The van der Waals surface area contributed by atoms with Crippen molar-refractivity contribution in [2.75, 3.05) is 213 Å². The molecule has 1 aliphatic heterocycles. The van der Waals surface area contributed by atoms with Crippen LogP contribution in [0.5, 0.6) is 0 Å². The van der Waals surface area contributed by atoms with E-state index in [0.717, 1.165) is 68.9 Å². The van der Waals surface area contributed by atoms with Crippen molar-refractivity contribution in [1.82, 2.24) is 4.90 Å². The van der Waals surface area contributed by atoms with Crippen molar-refractivity contribution in [3.63, 3.8) is 0 Å². The Balaban J connectivity index is 0.00000168. The Morgan fingerprint density at radius 3 is 1.03 bits per heavy atom. The van der Waals surface area contributed by atoms with Crippen LogP contribution in [0.3, 0.4) is 0 Å². The fourth-order valence-corrected chi connectivity index (χ4v) is 16.0. The summed E-state index contributed by atoms with van der Waals surface area (Å²) in [7, 11) is 4.47. The van der Waals surface area contributed by atoms with Crippen molar-refractivity contribution in [2.24, 2.45) is 5.16 Å². The topological polar surface area (TPSA) is 297 Å². The van der Waals surface area contributed by atoms with E-state index in [2.05, 4.69) is 131 Å². The number of oxime groups is 1. The van der Waals surface area contributed by atoms with E-state index < -0.39 is 37.9 Å². The van der Waals surface area contributed by atoms with Gasteiger partial charge in [0.15, 0.2) is 11.2 Å². The minimum absolute atomic E-state index is 0. The molecular weight excluding hydrogens is 1820 g/mol. The number of rotatable bonds is 57. The van der Waals surface area contributed by atoms with Crippen LogP contribution in [0.15, 0.2) is 297 Å². The summed E-state index contributed by atoms with van der Waals surface area (Å²) in [5, 5.41) is 49.2. The van der Waals surface area contributed by atoms with Crippen molar-refractivity contribution in [2.45, 2.75) is 116 Å². The van der Waals surface area contributed by atoms with Gasteiger partial charge in [0.2, 0.25) is 12.7 Å². The minimum Gasteiger partial charge on any atom is -1.00 e. The Hall–Kier alpha value is -9.23. The molecule has 0 fully saturated rings. The zero-order chi connectivity index (χ0) is 101. The predicted octanol–water partition coefficient (Wildman–Crippen LogP) is 18.1. The molecule has 766 valence electrons. The second-order valence-electron chi connectivity index (χ2n) is 33.3. The molecule has 10 rings (SSSR count). The molecule has 0 saturated carbocycles. The molecule has 0 saturated heterocycles. The molecule has 0 aromatic heterocycles. The smallest absolute Gasteiger partial charge is 1.00 e. The Morgan fingerprint density at radius 2 is 0.757 bits per heavy atom. The Morgan fingerprint density at radius 1 is 0.457 bits per heavy atom. The molecule has 0 spiro atoms. The van der Waals surface area contributed by atoms with Crippen molar-refractivity contribution in [3.8, 4) is 6.07 Å². The van der Waals surface area contributed by atoms with Crippen LogP contribution in [-0.4, -0.2) is 261 Å². The standard InChI is InChI=1S/C27H39NO5Si.C21H27NO6.C21H25NO5.C14H11NO2.C7H16O4.C7H8.C6H15N.C6H14Si.CH4.Na.H/c1-29-15-16-30-17-18-31-19-20-32-27(23-11-7-5-8-12-23,24-13-9-6-10-14-24)26-21-25(33-28-26)22-34(2,3)4;1-25-12-13-26-14-15-27-16-17-28-21(18-22(23)24,19-8-4-2-5-9-19)20-10-6-3-7-11-20;1-24-12-13-25-14-15-26-16-17-27-21(18-22-23,19-8-4-2-5-9-19)20-10-6-3-7-11-20;16-15(17)11-14(12-7-3-1-4-8-12)13-9-5-2-6-10-13;1-9-4-5-11-7-6-10-3-2-8;1-7-5-3-2-4-6-7;1-4-7(5-2)6-3;1-5-6-7(2,3)4;;;/h5-14,25H,15-22H2,1-4H3;2-11H,12-18H2,1H3;2-11H,12-17H2,1H3;1-11H;8H,2-7H2,1H3;2-6H,1H3;4-6H2,1-3H3;5H,1,6H2,2-4H3;1H4;;/q;;;;;;;;;+1;-1. The van der Waals surface area contributed by atoms with E-state index in [1.807, 2.05) is 243 Å². The summed E-state index contributed by atoms with van der Waals surface area (Å²) in [4.78, 5) is 29.8. The summed E-state index contributed by atoms with van der Waals surface area (Å²) >= 11 is 0. The van der Waals surface area contributed by atoms with Gasteiger partial charge in [0.05, 0.1) is 169 Å². The van der Waals surface area contributed by atoms with Gasteiger partial charge in [0.1, 0.15) is 11.8 Å². The maximum atomic E-state index is 11.5. The van der Waals surface area contributed by atoms with Gasteiger partial charge in [-0.2, -0.15) is 0 Å². The van der Waals surface area contributed by atoms with Crippen molar-refractivity contribution < 1.29 is 122 Å². The quantitative estimate of drug-likeness (QED) is 0.0122. The van der Waals surface area contributed by atoms with Crippen LogP contribution in [0.1, 0.15) is 86.1 Å². The van der Waals surface area contributed by atoms with E-state index in [1.54, 1.807) is 28.4 Å². The van der Waals surface area contributed by atoms with E-state index >= 15 is 0 Å². The predicted molar refractivity (Wildman–Crippen MR) is 565 cm³/mol. The first-order valence-corrected chi connectivity index (χ1v) is 54.6. The van der Waals surface area contributed by atoms with Gasteiger partial charge in [-0.25, -0.2) is 0 Å². The van der Waals surface area contributed by atoms with Gasteiger partial charge in [-0.1, -0.05) is 357 Å². The number of benzene rings is 9. The molecule has 30 heteroatoms. The summed E-state index contributed by atoms with van der Waals surface area (Å²) < 4.78 is 81.5. The van der Waals surface area contributed by atoms with Gasteiger partial charge in [-0.05, 0) is 72.0 Å². The van der Waals surface area contributed by atoms with Gasteiger partial charge in [-0.3, -0.25) is 20.2 Å². The number of methoxy groups -OCH3 is 4. The number of hydrogen-bond acceptors (Lipinski definition) is 24. The minimum atomic E-state index is -1.30. The number of hydrogen-bond donors (Lipinski definition) is 1. The van der Waals surface area contributed by atoms with E-state index in [-0.39, 0.29) is 75.8 Å². The van der Waals surface area contributed by atoms with Crippen LogP contribution in [0.4, 0.5) is 0 Å². The van der Waals surface area contributed by atoms with E-state index in [0.29, 0.717) is 144 Å². The van der Waals surface area contributed by atoms with Crippen LogP contribution < -0.4 is 29.6 Å². The van der Waals surface area contributed by atoms with Gasteiger partial charge >= 0.3 is 35.6 Å². The maximum absolute atomic E-state index is 11.5. The second-order valence-corrected chi connectivity index (χ2v) is 44.4. The monoisotopic (exact) mass is 1980 g/mol. The summed E-state index contributed by atoms with van der Waals surface area (Å²) in [5.41, 5.74) is 6.47. The number of ether oxygens (including phenoxy) is 15. The number of nitrogens with zero attached hydrogens (tertiary/aromatic N) is 5. The first-order valence-electron chi connectivity index (χ1n) is 47.2. The van der Waals surface area contributed by atoms with Crippen LogP contribution in [-0.2, 0) is 92.7 Å². The van der Waals surface area contributed by atoms with Gasteiger partial charge in [0.25, 0.3) is 5.60 Å². The first kappa shape index (κ1) is 129. The number of aliphatic hydroxyl groups is 1. The molecule has 1 aliphatic rings. The van der Waals surface area contributed by atoms with Gasteiger partial charge in [-0.15, -0.1) is 6.58 Å². The van der Waals surface area contributed by atoms with Crippen LogP contribution in [0.2, 0.25) is 51.4 Å².